The number of carboxylic acids is 1. The van der Waals surface area contributed by atoms with E-state index in [-0.39, 0.29) is 18.3 Å². The molecule has 2 aromatic heterocycles. The highest BCUT2D eigenvalue weighted by Gasteiger charge is 2.20. The molecule has 3 rings (SSSR count). The number of fused-ring (bicyclic) bond motifs is 1. The number of aliphatic carboxylic acids is 1. The quantitative estimate of drug-likeness (QED) is 0.660. The van der Waals surface area contributed by atoms with Gasteiger partial charge < -0.3 is 10.4 Å². The van der Waals surface area contributed by atoms with Crippen LogP contribution in [0.1, 0.15) is 40.4 Å². The molecule has 2 heterocycles. The second-order valence-electron chi connectivity index (χ2n) is 6.48. The Morgan fingerprint density at radius 2 is 1.93 bits per heavy atom. The summed E-state index contributed by atoms with van der Waals surface area (Å²) >= 11 is 0. The number of aromatic nitrogens is 4. The van der Waals surface area contributed by atoms with E-state index in [9.17, 15) is 9.59 Å². The van der Waals surface area contributed by atoms with E-state index in [0.29, 0.717) is 18.6 Å². The Morgan fingerprint density at radius 3 is 2.63 bits per heavy atom. The van der Waals surface area contributed by atoms with Crippen molar-refractivity contribution >= 4 is 17.7 Å². The lowest BCUT2D eigenvalue weighted by atomic mass is 10.0. The molecule has 0 bridgehead atoms. The van der Waals surface area contributed by atoms with Crippen molar-refractivity contribution in [2.45, 2.75) is 39.2 Å². The molecule has 8 heteroatoms. The van der Waals surface area contributed by atoms with Gasteiger partial charge in [-0.2, -0.15) is 4.98 Å². The summed E-state index contributed by atoms with van der Waals surface area (Å²) in [5, 5.41) is 16.1. The standard InChI is InChI=1S/C19H21N5O3/c1-12-10-13(2)24-19(20-12)22-17(23-24)18(27)21-15(8-9-16(25)26)11-14-6-4-3-5-7-14/h3-7,10,15H,8-9,11H2,1-2H3,(H,21,27)(H,25,26). The fourth-order valence-corrected chi connectivity index (χ4v) is 2.93. The summed E-state index contributed by atoms with van der Waals surface area (Å²) in [6.07, 6.45) is 0.819. The fraction of sp³-hybridized carbons (Fsp3) is 0.316. The van der Waals surface area contributed by atoms with Crippen LogP contribution in [-0.2, 0) is 11.2 Å². The van der Waals surface area contributed by atoms with E-state index in [1.807, 2.05) is 50.2 Å². The normalized spacial score (nSPS) is 12.1. The first-order chi connectivity index (χ1) is 12.9. The molecule has 0 spiro atoms. The van der Waals surface area contributed by atoms with Crippen LogP contribution in [0, 0.1) is 13.8 Å². The minimum atomic E-state index is -0.900. The molecule has 0 aliphatic carbocycles. The van der Waals surface area contributed by atoms with Crippen LogP contribution in [-0.4, -0.2) is 42.6 Å². The SMILES string of the molecule is Cc1cc(C)n2nc(C(=O)NC(CCC(=O)O)Cc3ccccc3)nc2n1. The summed E-state index contributed by atoms with van der Waals surface area (Å²) in [6.45, 7) is 3.71. The number of carbonyl (C=O) groups is 2. The Bertz CT molecular complexity index is 968. The molecule has 1 aromatic carbocycles. The van der Waals surface area contributed by atoms with Gasteiger partial charge in [0.05, 0.1) is 0 Å². The van der Waals surface area contributed by atoms with Crippen LogP contribution in [0.4, 0.5) is 0 Å². The molecule has 140 valence electrons. The number of nitrogens with zero attached hydrogens (tertiary/aromatic N) is 4. The molecule has 3 aromatic rings. The topological polar surface area (TPSA) is 109 Å². The first kappa shape index (κ1) is 18.5. The van der Waals surface area contributed by atoms with Crippen molar-refractivity contribution < 1.29 is 14.7 Å². The van der Waals surface area contributed by atoms with Gasteiger partial charge in [-0.05, 0) is 38.3 Å². The largest absolute Gasteiger partial charge is 0.481 e. The maximum absolute atomic E-state index is 12.6. The monoisotopic (exact) mass is 367 g/mol. The molecule has 2 N–H and O–H groups in total. The summed E-state index contributed by atoms with van der Waals surface area (Å²) < 4.78 is 1.52. The van der Waals surface area contributed by atoms with Crippen LogP contribution >= 0.6 is 0 Å². The Labute approximate surface area is 156 Å². The van der Waals surface area contributed by atoms with Crippen molar-refractivity contribution in [1.29, 1.82) is 0 Å². The summed E-state index contributed by atoms with van der Waals surface area (Å²) in [5.41, 5.74) is 2.64. The Hall–Kier alpha value is -3.29. The predicted molar refractivity (Wildman–Crippen MR) is 98.5 cm³/mol. The first-order valence-corrected chi connectivity index (χ1v) is 8.70. The second kappa shape index (κ2) is 7.94. The predicted octanol–water partition coefficient (Wildman–Crippen LogP) is 1.95. The number of nitrogens with one attached hydrogen (secondary N) is 1. The number of hydrogen-bond donors (Lipinski definition) is 2. The highest BCUT2D eigenvalue weighted by Crippen LogP contribution is 2.10. The van der Waals surface area contributed by atoms with Gasteiger partial charge in [0.15, 0.2) is 0 Å². The third-order valence-corrected chi connectivity index (χ3v) is 4.19. The summed E-state index contributed by atoms with van der Waals surface area (Å²) in [7, 11) is 0. The average molecular weight is 367 g/mol. The van der Waals surface area contributed by atoms with Gasteiger partial charge in [-0.1, -0.05) is 30.3 Å². The number of aryl methyl sites for hydroxylation is 2. The Balaban J connectivity index is 1.78. The molecule has 0 fully saturated rings. The lowest BCUT2D eigenvalue weighted by Crippen LogP contribution is -2.37. The smallest absolute Gasteiger partial charge is 0.303 e. The number of carbonyl (C=O) groups excluding carboxylic acids is 1. The van der Waals surface area contributed by atoms with Crippen LogP contribution in [0.15, 0.2) is 36.4 Å². The summed E-state index contributed by atoms with van der Waals surface area (Å²) in [4.78, 5) is 32.1. The number of amides is 1. The number of hydrogen-bond acceptors (Lipinski definition) is 5. The van der Waals surface area contributed by atoms with Gasteiger partial charge in [0.1, 0.15) is 0 Å². The zero-order valence-electron chi connectivity index (χ0n) is 15.2. The molecule has 1 atom stereocenters. The minimum absolute atomic E-state index is 0.0181. The molecule has 0 saturated carbocycles. The van der Waals surface area contributed by atoms with E-state index in [1.54, 1.807) is 0 Å². The minimum Gasteiger partial charge on any atom is -0.481 e. The third kappa shape index (κ3) is 4.66. The molecule has 1 unspecified atom stereocenters. The van der Waals surface area contributed by atoms with Gasteiger partial charge in [-0.15, -0.1) is 5.10 Å². The van der Waals surface area contributed by atoms with Crippen LogP contribution in [0.25, 0.3) is 5.78 Å². The van der Waals surface area contributed by atoms with Crippen LogP contribution < -0.4 is 5.32 Å². The highest BCUT2D eigenvalue weighted by atomic mass is 16.4. The number of carboxylic acid groups (broad SMARTS) is 1. The van der Waals surface area contributed by atoms with E-state index in [4.69, 9.17) is 5.11 Å². The summed E-state index contributed by atoms with van der Waals surface area (Å²) in [6, 6.07) is 11.1. The van der Waals surface area contributed by atoms with Gasteiger partial charge in [0.25, 0.3) is 11.7 Å². The van der Waals surface area contributed by atoms with E-state index in [0.717, 1.165) is 17.0 Å². The second-order valence-corrected chi connectivity index (χ2v) is 6.48. The molecule has 0 radical (unpaired) electrons. The van der Waals surface area contributed by atoms with Crippen molar-refractivity contribution in [3.63, 3.8) is 0 Å². The molecule has 0 aliphatic rings. The van der Waals surface area contributed by atoms with Gasteiger partial charge in [-0.25, -0.2) is 9.50 Å². The molecule has 8 nitrogen and oxygen atoms in total. The molecular formula is C19H21N5O3. The zero-order chi connectivity index (χ0) is 19.4. The first-order valence-electron chi connectivity index (χ1n) is 8.70. The molecular weight excluding hydrogens is 346 g/mol. The third-order valence-electron chi connectivity index (χ3n) is 4.19. The van der Waals surface area contributed by atoms with E-state index in [1.165, 1.54) is 4.52 Å². The molecule has 1 amide bonds. The number of rotatable bonds is 7. The average Bonchev–Trinajstić information content (AvgIpc) is 3.05. The zero-order valence-corrected chi connectivity index (χ0v) is 15.2. The summed E-state index contributed by atoms with van der Waals surface area (Å²) in [5.74, 6) is -0.959. The Morgan fingerprint density at radius 1 is 1.19 bits per heavy atom. The maximum atomic E-state index is 12.6. The van der Waals surface area contributed by atoms with E-state index < -0.39 is 11.9 Å². The van der Waals surface area contributed by atoms with Crippen molar-refractivity contribution in [1.82, 2.24) is 24.9 Å². The van der Waals surface area contributed by atoms with Crippen molar-refractivity contribution in [3.05, 3.63) is 59.2 Å². The van der Waals surface area contributed by atoms with Crippen LogP contribution in [0.3, 0.4) is 0 Å². The van der Waals surface area contributed by atoms with Gasteiger partial charge in [0, 0.05) is 23.9 Å². The maximum Gasteiger partial charge on any atom is 0.303 e. The lowest BCUT2D eigenvalue weighted by Gasteiger charge is -2.17. The molecule has 0 aliphatic heterocycles. The van der Waals surface area contributed by atoms with Crippen LogP contribution in [0.5, 0.6) is 0 Å². The molecule has 0 saturated heterocycles. The highest BCUT2D eigenvalue weighted by molar-refractivity contribution is 5.91. The molecule has 27 heavy (non-hydrogen) atoms. The van der Waals surface area contributed by atoms with Gasteiger partial charge in [0.2, 0.25) is 5.82 Å². The Kier molecular flexibility index (Phi) is 5.44. The van der Waals surface area contributed by atoms with Crippen LogP contribution in [0.2, 0.25) is 0 Å². The van der Waals surface area contributed by atoms with Crippen molar-refractivity contribution in [2.24, 2.45) is 0 Å². The van der Waals surface area contributed by atoms with Crippen molar-refractivity contribution in [3.8, 4) is 0 Å². The van der Waals surface area contributed by atoms with E-state index >= 15 is 0 Å². The fourth-order valence-electron chi connectivity index (χ4n) is 2.93. The lowest BCUT2D eigenvalue weighted by molar-refractivity contribution is -0.137. The van der Waals surface area contributed by atoms with Crippen molar-refractivity contribution in [2.75, 3.05) is 0 Å². The van der Waals surface area contributed by atoms with Gasteiger partial charge >= 0.3 is 5.97 Å². The van der Waals surface area contributed by atoms with E-state index in [2.05, 4.69) is 20.4 Å². The number of benzene rings is 1. The van der Waals surface area contributed by atoms with Gasteiger partial charge in [-0.3, -0.25) is 9.59 Å².